The molecule has 3 rings (SSSR count). The molecule has 0 fully saturated rings. The van der Waals surface area contributed by atoms with Gasteiger partial charge in [-0.05, 0) is 24.1 Å². The Balaban J connectivity index is 1.40. The zero-order valence-corrected chi connectivity index (χ0v) is 16.6. The Morgan fingerprint density at radius 1 is 1.04 bits per heavy atom. The standard InChI is InChI=1S/C22H25N3OS/c1-25(2)19-10-8-17(9-11-19)14-15-23-21(26)12-13-22-24-20(16-27-22)18-6-4-3-5-7-18/h3-11,16H,12-15H2,1-2H3,(H,23,26). The third-order valence-electron chi connectivity index (χ3n) is 4.38. The lowest BCUT2D eigenvalue weighted by Gasteiger charge is -2.12. The molecule has 0 spiro atoms. The maximum atomic E-state index is 12.1. The quantitative estimate of drug-likeness (QED) is 0.639. The third-order valence-corrected chi connectivity index (χ3v) is 5.28. The predicted molar refractivity (Wildman–Crippen MR) is 113 cm³/mol. The van der Waals surface area contributed by atoms with Gasteiger partial charge in [-0.15, -0.1) is 11.3 Å². The van der Waals surface area contributed by atoms with E-state index in [2.05, 4.69) is 57.0 Å². The zero-order chi connectivity index (χ0) is 19.1. The summed E-state index contributed by atoms with van der Waals surface area (Å²) in [5.41, 5.74) is 4.51. The second-order valence-corrected chi connectivity index (χ2v) is 7.60. The number of carbonyl (C=O) groups is 1. The summed E-state index contributed by atoms with van der Waals surface area (Å²) in [6.07, 6.45) is 2.00. The fraction of sp³-hybridized carbons (Fsp3) is 0.273. The number of nitrogens with zero attached hydrogens (tertiary/aromatic N) is 2. The van der Waals surface area contributed by atoms with Crippen molar-refractivity contribution in [1.82, 2.24) is 10.3 Å². The maximum Gasteiger partial charge on any atom is 0.220 e. The number of carbonyl (C=O) groups excluding carboxylic acids is 1. The minimum atomic E-state index is 0.0800. The highest BCUT2D eigenvalue weighted by Crippen LogP contribution is 2.22. The molecule has 0 radical (unpaired) electrons. The van der Waals surface area contributed by atoms with E-state index in [1.54, 1.807) is 11.3 Å². The Kier molecular flexibility index (Phi) is 6.60. The second kappa shape index (κ2) is 9.33. The highest BCUT2D eigenvalue weighted by atomic mass is 32.1. The van der Waals surface area contributed by atoms with Gasteiger partial charge in [0.05, 0.1) is 10.7 Å². The molecule has 27 heavy (non-hydrogen) atoms. The molecule has 0 aliphatic carbocycles. The Bertz CT molecular complexity index is 857. The number of anilines is 1. The lowest BCUT2D eigenvalue weighted by Crippen LogP contribution is -2.25. The van der Waals surface area contributed by atoms with Gasteiger partial charge in [0, 0.05) is 50.1 Å². The summed E-state index contributed by atoms with van der Waals surface area (Å²) in [5.74, 6) is 0.0800. The lowest BCUT2D eigenvalue weighted by atomic mass is 10.1. The molecule has 1 N–H and O–H groups in total. The number of thiazole rings is 1. The molecule has 140 valence electrons. The fourth-order valence-corrected chi connectivity index (χ4v) is 3.59. The molecule has 3 aromatic rings. The summed E-state index contributed by atoms with van der Waals surface area (Å²) >= 11 is 1.62. The van der Waals surface area contributed by atoms with E-state index in [4.69, 9.17) is 0 Å². The first-order valence-electron chi connectivity index (χ1n) is 9.14. The Labute approximate surface area is 164 Å². The lowest BCUT2D eigenvalue weighted by molar-refractivity contribution is -0.121. The van der Waals surface area contributed by atoms with Crippen LogP contribution in [0.1, 0.15) is 17.0 Å². The van der Waals surface area contributed by atoms with Crippen LogP contribution in [0.25, 0.3) is 11.3 Å². The molecule has 4 nitrogen and oxygen atoms in total. The van der Waals surface area contributed by atoms with Crippen molar-refractivity contribution in [3.63, 3.8) is 0 Å². The largest absolute Gasteiger partial charge is 0.378 e. The maximum absolute atomic E-state index is 12.1. The summed E-state index contributed by atoms with van der Waals surface area (Å²) < 4.78 is 0. The van der Waals surface area contributed by atoms with Crippen molar-refractivity contribution < 1.29 is 4.79 Å². The van der Waals surface area contributed by atoms with Crippen LogP contribution in [0.3, 0.4) is 0 Å². The van der Waals surface area contributed by atoms with Gasteiger partial charge in [-0.25, -0.2) is 4.98 Å². The number of aromatic nitrogens is 1. The predicted octanol–water partition coefficient (Wildman–Crippen LogP) is 4.17. The van der Waals surface area contributed by atoms with E-state index in [-0.39, 0.29) is 5.91 Å². The summed E-state index contributed by atoms with van der Waals surface area (Å²) in [6.45, 7) is 0.660. The van der Waals surface area contributed by atoms with Crippen LogP contribution in [0.2, 0.25) is 0 Å². The van der Waals surface area contributed by atoms with Crippen molar-refractivity contribution >= 4 is 22.9 Å². The molecule has 0 aliphatic rings. The molecule has 0 unspecified atom stereocenters. The number of rotatable bonds is 8. The summed E-state index contributed by atoms with van der Waals surface area (Å²) in [6, 6.07) is 18.6. The molecule has 0 saturated heterocycles. The molecule has 0 bridgehead atoms. The van der Waals surface area contributed by atoms with Crippen LogP contribution in [-0.2, 0) is 17.6 Å². The Morgan fingerprint density at radius 3 is 2.48 bits per heavy atom. The zero-order valence-electron chi connectivity index (χ0n) is 15.8. The van der Waals surface area contributed by atoms with Gasteiger partial charge >= 0.3 is 0 Å². The molecule has 1 amide bonds. The molecule has 5 heteroatoms. The van der Waals surface area contributed by atoms with Gasteiger partial charge in [0.15, 0.2) is 0 Å². The van der Waals surface area contributed by atoms with Gasteiger partial charge in [-0.1, -0.05) is 42.5 Å². The SMILES string of the molecule is CN(C)c1ccc(CCNC(=O)CCc2nc(-c3ccccc3)cs2)cc1. The van der Waals surface area contributed by atoms with Gasteiger partial charge in [0.1, 0.15) is 0 Å². The molecular weight excluding hydrogens is 354 g/mol. The summed E-state index contributed by atoms with van der Waals surface area (Å²) in [5, 5.41) is 6.06. The molecule has 2 aromatic carbocycles. The van der Waals surface area contributed by atoms with Crippen molar-refractivity contribution in [2.45, 2.75) is 19.3 Å². The number of aryl methyl sites for hydroxylation is 1. The highest BCUT2D eigenvalue weighted by Gasteiger charge is 2.07. The van der Waals surface area contributed by atoms with Gasteiger partial charge in [-0.2, -0.15) is 0 Å². The van der Waals surface area contributed by atoms with Crippen LogP contribution in [0.5, 0.6) is 0 Å². The summed E-state index contributed by atoms with van der Waals surface area (Å²) in [4.78, 5) is 18.8. The number of nitrogens with one attached hydrogen (secondary N) is 1. The van der Waals surface area contributed by atoms with E-state index < -0.39 is 0 Å². The normalized spacial score (nSPS) is 10.6. The average molecular weight is 380 g/mol. The average Bonchev–Trinajstić information content (AvgIpc) is 3.16. The number of amides is 1. The minimum absolute atomic E-state index is 0.0800. The first kappa shape index (κ1) is 19.1. The van der Waals surface area contributed by atoms with Crippen LogP contribution in [0.15, 0.2) is 60.0 Å². The van der Waals surface area contributed by atoms with Crippen molar-refractivity contribution in [3.05, 3.63) is 70.5 Å². The monoisotopic (exact) mass is 379 g/mol. The van der Waals surface area contributed by atoms with E-state index in [1.807, 2.05) is 32.3 Å². The van der Waals surface area contributed by atoms with Gasteiger partial charge in [0.2, 0.25) is 5.91 Å². The van der Waals surface area contributed by atoms with Crippen LogP contribution < -0.4 is 10.2 Å². The van der Waals surface area contributed by atoms with Crippen LogP contribution >= 0.6 is 11.3 Å². The van der Waals surface area contributed by atoms with Crippen molar-refractivity contribution in [2.75, 3.05) is 25.5 Å². The molecular formula is C22H25N3OS. The van der Waals surface area contributed by atoms with Crippen LogP contribution in [0, 0.1) is 0 Å². The van der Waals surface area contributed by atoms with E-state index in [9.17, 15) is 4.79 Å². The number of hydrogen-bond acceptors (Lipinski definition) is 4. The van der Waals surface area contributed by atoms with Gasteiger partial charge in [-0.3, -0.25) is 4.79 Å². The smallest absolute Gasteiger partial charge is 0.220 e. The van der Waals surface area contributed by atoms with Crippen molar-refractivity contribution in [3.8, 4) is 11.3 Å². The topological polar surface area (TPSA) is 45.2 Å². The van der Waals surface area contributed by atoms with Crippen LogP contribution in [-0.4, -0.2) is 31.5 Å². The minimum Gasteiger partial charge on any atom is -0.378 e. The van der Waals surface area contributed by atoms with E-state index in [0.717, 1.165) is 22.7 Å². The second-order valence-electron chi connectivity index (χ2n) is 6.65. The molecule has 0 saturated carbocycles. The van der Waals surface area contributed by atoms with E-state index >= 15 is 0 Å². The number of hydrogen-bond donors (Lipinski definition) is 1. The highest BCUT2D eigenvalue weighted by molar-refractivity contribution is 7.09. The molecule has 0 atom stereocenters. The fourth-order valence-electron chi connectivity index (χ4n) is 2.78. The van der Waals surface area contributed by atoms with Crippen LogP contribution in [0.4, 0.5) is 5.69 Å². The Hall–Kier alpha value is -2.66. The molecule has 1 aromatic heterocycles. The summed E-state index contributed by atoms with van der Waals surface area (Å²) in [7, 11) is 4.06. The van der Waals surface area contributed by atoms with E-state index in [0.29, 0.717) is 19.4 Å². The first-order chi connectivity index (χ1) is 13.1. The molecule has 0 aliphatic heterocycles. The van der Waals surface area contributed by atoms with Crippen molar-refractivity contribution in [2.24, 2.45) is 0 Å². The number of benzene rings is 2. The van der Waals surface area contributed by atoms with Crippen molar-refractivity contribution in [1.29, 1.82) is 0 Å². The first-order valence-corrected chi connectivity index (χ1v) is 10.0. The molecule has 1 heterocycles. The van der Waals surface area contributed by atoms with Gasteiger partial charge in [0.25, 0.3) is 0 Å². The van der Waals surface area contributed by atoms with E-state index in [1.165, 1.54) is 11.3 Å². The third kappa shape index (κ3) is 5.66. The van der Waals surface area contributed by atoms with Gasteiger partial charge < -0.3 is 10.2 Å². The Morgan fingerprint density at radius 2 is 1.78 bits per heavy atom.